The third-order valence-electron chi connectivity index (χ3n) is 4.36. The number of hydrogen-bond acceptors (Lipinski definition) is 5. The highest BCUT2D eigenvalue weighted by molar-refractivity contribution is 5.47. The Morgan fingerprint density at radius 3 is 2.79 bits per heavy atom. The van der Waals surface area contributed by atoms with Crippen molar-refractivity contribution >= 4 is 5.82 Å². The van der Waals surface area contributed by atoms with Crippen molar-refractivity contribution in [1.29, 1.82) is 0 Å². The Kier molecular flexibility index (Phi) is 6.26. The lowest BCUT2D eigenvalue weighted by atomic mass is 10.2. The summed E-state index contributed by atoms with van der Waals surface area (Å²) in [6.45, 7) is 8.41. The van der Waals surface area contributed by atoms with Crippen LogP contribution in [-0.4, -0.2) is 42.7 Å². The van der Waals surface area contributed by atoms with E-state index in [1.165, 1.54) is 18.4 Å². The van der Waals surface area contributed by atoms with Crippen LogP contribution < -0.4 is 4.90 Å². The van der Waals surface area contributed by atoms with Gasteiger partial charge in [0.05, 0.1) is 26.0 Å². The fraction of sp³-hybridized carbons (Fsp3) is 0.526. The number of pyridine rings is 1. The van der Waals surface area contributed by atoms with E-state index in [0.717, 1.165) is 57.5 Å². The van der Waals surface area contributed by atoms with Crippen molar-refractivity contribution in [2.75, 3.05) is 37.7 Å². The molecule has 1 aliphatic heterocycles. The number of anilines is 1. The van der Waals surface area contributed by atoms with Gasteiger partial charge in [-0.15, -0.1) is 0 Å². The molecule has 0 spiro atoms. The molecule has 0 aliphatic carbocycles. The van der Waals surface area contributed by atoms with Gasteiger partial charge in [0.25, 0.3) is 0 Å². The Morgan fingerprint density at radius 2 is 2.04 bits per heavy atom. The molecule has 1 aliphatic rings. The van der Waals surface area contributed by atoms with Gasteiger partial charge in [-0.2, -0.15) is 0 Å². The largest absolute Gasteiger partial charge is 0.468 e. The topological polar surface area (TPSA) is 41.7 Å². The third-order valence-corrected chi connectivity index (χ3v) is 4.36. The van der Waals surface area contributed by atoms with E-state index >= 15 is 0 Å². The Bertz CT molecular complexity index is 594. The van der Waals surface area contributed by atoms with Crippen molar-refractivity contribution in [3.8, 4) is 0 Å². The molecular formula is C19H27N3O2. The zero-order valence-corrected chi connectivity index (χ0v) is 14.5. The van der Waals surface area contributed by atoms with Crippen molar-refractivity contribution in [1.82, 2.24) is 9.88 Å². The summed E-state index contributed by atoms with van der Waals surface area (Å²) in [6, 6.07) is 8.23. The maximum absolute atomic E-state index is 5.54. The van der Waals surface area contributed by atoms with Crippen LogP contribution in [0.15, 0.2) is 41.1 Å². The monoisotopic (exact) mass is 329 g/mol. The molecule has 3 rings (SSSR count). The Hall–Kier alpha value is -1.85. The van der Waals surface area contributed by atoms with Gasteiger partial charge in [0.2, 0.25) is 0 Å². The van der Waals surface area contributed by atoms with Gasteiger partial charge in [-0.1, -0.05) is 19.4 Å². The highest BCUT2D eigenvalue weighted by atomic mass is 16.5. The summed E-state index contributed by atoms with van der Waals surface area (Å²) in [6.07, 6.45) is 6.01. The van der Waals surface area contributed by atoms with Crippen molar-refractivity contribution < 1.29 is 9.15 Å². The van der Waals surface area contributed by atoms with Gasteiger partial charge in [-0.3, -0.25) is 4.90 Å². The molecule has 0 radical (unpaired) electrons. The third kappa shape index (κ3) is 4.58. The van der Waals surface area contributed by atoms with Crippen LogP contribution in [0.2, 0.25) is 0 Å². The number of rotatable bonds is 8. The number of nitrogens with zero attached hydrogens (tertiary/aromatic N) is 3. The van der Waals surface area contributed by atoms with Crippen LogP contribution in [0, 0.1) is 0 Å². The average molecular weight is 329 g/mol. The van der Waals surface area contributed by atoms with Crippen LogP contribution in [-0.2, 0) is 17.8 Å². The maximum atomic E-state index is 5.54. The molecule has 0 bridgehead atoms. The van der Waals surface area contributed by atoms with E-state index in [1.807, 2.05) is 24.4 Å². The van der Waals surface area contributed by atoms with E-state index in [9.17, 15) is 0 Å². The first-order valence-electron chi connectivity index (χ1n) is 8.88. The molecule has 3 heterocycles. The second-order valence-electron chi connectivity index (χ2n) is 6.23. The number of aromatic nitrogens is 1. The normalized spacial score (nSPS) is 15.2. The highest BCUT2D eigenvalue weighted by Crippen LogP contribution is 2.21. The number of unbranched alkanes of at least 4 members (excludes halogenated alkanes) is 1. The van der Waals surface area contributed by atoms with Crippen LogP contribution in [0.3, 0.4) is 0 Å². The first kappa shape index (κ1) is 17.0. The second-order valence-corrected chi connectivity index (χ2v) is 6.23. The van der Waals surface area contributed by atoms with Gasteiger partial charge in [0.15, 0.2) is 0 Å². The van der Waals surface area contributed by atoms with Gasteiger partial charge in [0, 0.05) is 31.4 Å². The molecule has 5 nitrogen and oxygen atoms in total. The van der Waals surface area contributed by atoms with Crippen molar-refractivity contribution in [2.45, 2.75) is 32.9 Å². The zero-order valence-electron chi connectivity index (χ0n) is 14.5. The fourth-order valence-corrected chi connectivity index (χ4v) is 3.07. The van der Waals surface area contributed by atoms with Gasteiger partial charge >= 0.3 is 0 Å². The second kappa shape index (κ2) is 8.85. The average Bonchev–Trinajstić information content (AvgIpc) is 3.14. The van der Waals surface area contributed by atoms with Gasteiger partial charge in [-0.05, 0) is 31.2 Å². The molecule has 2 aromatic rings. The molecule has 5 heteroatoms. The maximum Gasteiger partial charge on any atom is 0.133 e. The first-order chi connectivity index (χ1) is 11.9. The molecule has 130 valence electrons. The summed E-state index contributed by atoms with van der Waals surface area (Å²) in [4.78, 5) is 9.44. The lowest BCUT2D eigenvalue weighted by molar-refractivity contribution is 0.122. The van der Waals surface area contributed by atoms with Gasteiger partial charge < -0.3 is 14.1 Å². The number of ether oxygens (including phenoxy) is 1. The molecule has 0 N–H and O–H groups in total. The van der Waals surface area contributed by atoms with Crippen LogP contribution in [0.5, 0.6) is 0 Å². The Morgan fingerprint density at radius 1 is 1.17 bits per heavy atom. The summed E-state index contributed by atoms with van der Waals surface area (Å²) in [5.41, 5.74) is 1.28. The summed E-state index contributed by atoms with van der Waals surface area (Å²) in [5.74, 6) is 2.12. The minimum absolute atomic E-state index is 0.780. The van der Waals surface area contributed by atoms with E-state index in [1.54, 1.807) is 6.26 Å². The Labute approximate surface area is 144 Å². The molecule has 24 heavy (non-hydrogen) atoms. The predicted molar refractivity (Wildman–Crippen MR) is 95.0 cm³/mol. The van der Waals surface area contributed by atoms with E-state index < -0.39 is 0 Å². The van der Waals surface area contributed by atoms with E-state index in [-0.39, 0.29) is 0 Å². The van der Waals surface area contributed by atoms with Crippen LogP contribution >= 0.6 is 0 Å². The minimum atomic E-state index is 0.780. The molecule has 0 saturated carbocycles. The standard InChI is InChI=1S/C19H27N3O2/c1-2-3-9-21(16-18-7-5-12-24-18)15-17-6-4-8-20-19(17)22-10-13-23-14-11-22/h4-8,12H,2-3,9-11,13-16H2,1H3. The molecule has 1 fully saturated rings. The minimum Gasteiger partial charge on any atom is -0.468 e. The summed E-state index contributed by atoms with van der Waals surface area (Å²) < 4.78 is 11.0. The lowest BCUT2D eigenvalue weighted by Crippen LogP contribution is -2.38. The van der Waals surface area contributed by atoms with Crippen LogP contribution in [0.25, 0.3) is 0 Å². The van der Waals surface area contributed by atoms with E-state index in [0.29, 0.717) is 0 Å². The van der Waals surface area contributed by atoms with E-state index in [2.05, 4.69) is 27.8 Å². The first-order valence-corrected chi connectivity index (χ1v) is 8.88. The summed E-state index contributed by atoms with van der Waals surface area (Å²) in [7, 11) is 0. The number of morpholine rings is 1. The lowest BCUT2D eigenvalue weighted by Gasteiger charge is -2.30. The number of hydrogen-bond donors (Lipinski definition) is 0. The molecule has 0 atom stereocenters. The predicted octanol–water partition coefficient (Wildman–Crippen LogP) is 3.31. The SMILES string of the molecule is CCCCN(Cc1ccco1)Cc1cccnc1N1CCOCC1. The molecular weight excluding hydrogens is 302 g/mol. The van der Waals surface area contributed by atoms with Crippen LogP contribution in [0.1, 0.15) is 31.1 Å². The molecule has 1 saturated heterocycles. The van der Waals surface area contributed by atoms with E-state index in [4.69, 9.17) is 9.15 Å². The zero-order chi connectivity index (χ0) is 16.6. The molecule has 0 amide bonds. The smallest absolute Gasteiger partial charge is 0.133 e. The fourth-order valence-electron chi connectivity index (χ4n) is 3.07. The van der Waals surface area contributed by atoms with Crippen molar-refractivity contribution in [3.63, 3.8) is 0 Å². The van der Waals surface area contributed by atoms with Crippen LogP contribution in [0.4, 0.5) is 5.82 Å². The molecule has 0 unspecified atom stereocenters. The van der Waals surface area contributed by atoms with Gasteiger partial charge in [0.1, 0.15) is 11.6 Å². The van der Waals surface area contributed by atoms with Gasteiger partial charge in [-0.25, -0.2) is 4.98 Å². The summed E-state index contributed by atoms with van der Waals surface area (Å²) in [5, 5.41) is 0. The van der Waals surface area contributed by atoms with Crippen molar-refractivity contribution in [3.05, 3.63) is 48.0 Å². The molecule has 0 aromatic carbocycles. The molecule has 2 aromatic heterocycles. The highest BCUT2D eigenvalue weighted by Gasteiger charge is 2.18. The number of furan rings is 1. The Balaban J connectivity index is 1.73. The quantitative estimate of drug-likeness (QED) is 0.743. The summed E-state index contributed by atoms with van der Waals surface area (Å²) >= 11 is 0. The van der Waals surface area contributed by atoms with Crippen molar-refractivity contribution in [2.24, 2.45) is 0 Å².